The maximum absolute atomic E-state index is 10.7. The van der Waals surface area contributed by atoms with Crippen LogP contribution in [0, 0.1) is 23.2 Å². The standard InChI is InChI=1S/C30H50O5/c1-20(9-6-15-29(3,4)34)24-13-14-25-22(10-7-16-30(24,25)5)11-12-23-19-26(32)28(27(33)21(23)2)35-18-8-17-31/h11-12,20,24-28,31-34H,2,6-10,13-19H2,1,3-5H3/b22-11-,23-12+/t20-,24-,25+,26+,27+,28+,30-/m1/s1. The molecule has 0 heterocycles. The van der Waals surface area contributed by atoms with E-state index in [2.05, 4.69) is 32.6 Å². The van der Waals surface area contributed by atoms with Crippen LogP contribution in [0.1, 0.15) is 91.9 Å². The highest BCUT2D eigenvalue weighted by atomic mass is 16.5. The number of hydrogen-bond acceptors (Lipinski definition) is 5. The van der Waals surface area contributed by atoms with Gasteiger partial charge >= 0.3 is 0 Å². The summed E-state index contributed by atoms with van der Waals surface area (Å²) >= 11 is 0. The average molecular weight is 491 g/mol. The molecule has 0 aliphatic heterocycles. The van der Waals surface area contributed by atoms with Gasteiger partial charge in [0.15, 0.2) is 0 Å². The van der Waals surface area contributed by atoms with Gasteiger partial charge < -0.3 is 25.2 Å². The van der Waals surface area contributed by atoms with Crippen molar-refractivity contribution in [3.05, 3.63) is 35.5 Å². The Hall–Kier alpha value is -0.980. The van der Waals surface area contributed by atoms with Gasteiger partial charge in [-0.05, 0) is 93.1 Å². The Morgan fingerprint density at radius 1 is 1.20 bits per heavy atom. The largest absolute Gasteiger partial charge is 0.396 e. The lowest BCUT2D eigenvalue weighted by Gasteiger charge is -2.44. The first-order valence-corrected chi connectivity index (χ1v) is 13.9. The summed E-state index contributed by atoms with van der Waals surface area (Å²) in [7, 11) is 0. The lowest BCUT2D eigenvalue weighted by Crippen LogP contribution is -2.45. The molecule has 0 saturated heterocycles. The number of hydrogen-bond donors (Lipinski definition) is 4. The van der Waals surface area contributed by atoms with Crippen molar-refractivity contribution in [1.82, 2.24) is 0 Å². The van der Waals surface area contributed by atoms with Crippen molar-refractivity contribution in [3.63, 3.8) is 0 Å². The Morgan fingerprint density at radius 3 is 2.63 bits per heavy atom. The van der Waals surface area contributed by atoms with Crippen LogP contribution in [0.4, 0.5) is 0 Å². The third-order valence-electron chi connectivity index (χ3n) is 9.17. The molecule has 0 amide bonds. The molecule has 3 saturated carbocycles. The zero-order chi connectivity index (χ0) is 25.8. The molecule has 3 aliphatic carbocycles. The Balaban J connectivity index is 1.67. The van der Waals surface area contributed by atoms with Gasteiger partial charge in [0, 0.05) is 19.6 Å². The van der Waals surface area contributed by atoms with E-state index in [1.54, 1.807) is 0 Å². The number of aliphatic hydroxyl groups is 4. The summed E-state index contributed by atoms with van der Waals surface area (Å²) in [6, 6.07) is 0. The molecule has 0 aromatic heterocycles. The Labute approximate surface area is 213 Å². The number of allylic oxidation sites excluding steroid dienone is 3. The molecule has 0 spiro atoms. The van der Waals surface area contributed by atoms with E-state index in [0.717, 1.165) is 30.8 Å². The minimum absolute atomic E-state index is 0.0269. The van der Waals surface area contributed by atoms with Crippen molar-refractivity contribution in [2.75, 3.05) is 13.2 Å². The number of fused-ring (bicyclic) bond motifs is 1. The lowest BCUT2D eigenvalue weighted by atomic mass is 9.60. The summed E-state index contributed by atoms with van der Waals surface area (Å²) in [6.07, 6.45) is 12.1. The number of aliphatic hydroxyl groups excluding tert-OH is 3. The Morgan fingerprint density at radius 2 is 1.94 bits per heavy atom. The van der Waals surface area contributed by atoms with Gasteiger partial charge in [-0.1, -0.05) is 51.0 Å². The van der Waals surface area contributed by atoms with Gasteiger partial charge in [0.2, 0.25) is 0 Å². The van der Waals surface area contributed by atoms with Gasteiger partial charge in [-0.3, -0.25) is 0 Å². The molecule has 0 aromatic rings. The first-order chi connectivity index (χ1) is 16.5. The predicted molar refractivity (Wildman–Crippen MR) is 141 cm³/mol. The highest BCUT2D eigenvalue weighted by Gasteiger charge is 2.50. The van der Waals surface area contributed by atoms with Gasteiger partial charge in [0.1, 0.15) is 12.2 Å². The molecule has 3 rings (SSSR count). The van der Waals surface area contributed by atoms with Crippen LogP contribution >= 0.6 is 0 Å². The second-order valence-corrected chi connectivity index (χ2v) is 12.4. The maximum Gasteiger partial charge on any atom is 0.114 e. The van der Waals surface area contributed by atoms with E-state index in [1.807, 2.05) is 13.8 Å². The molecule has 0 radical (unpaired) electrons. The van der Waals surface area contributed by atoms with Crippen molar-refractivity contribution in [3.8, 4) is 0 Å². The molecule has 3 aliphatic rings. The van der Waals surface area contributed by atoms with E-state index < -0.39 is 23.9 Å². The molecule has 0 unspecified atom stereocenters. The van der Waals surface area contributed by atoms with E-state index in [0.29, 0.717) is 42.3 Å². The fourth-order valence-corrected chi connectivity index (χ4v) is 7.21. The van der Waals surface area contributed by atoms with Crippen molar-refractivity contribution in [2.45, 2.75) is 116 Å². The Kier molecular flexibility index (Phi) is 9.84. The summed E-state index contributed by atoms with van der Waals surface area (Å²) in [4.78, 5) is 0. The predicted octanol–water partition coefficient (Wildman–Crippen LogP) is 5.08. The molecule has 4 N–H and O–H groups in total. The van der Waals surface area contributed by atoms with Crippen LogP contribution < -0.4 is 0 Å². The third-order valence-corrected chi connectivity index (χ3v) is 9.17. The fraction of sp³-hybridized carbons (Fsp3) is 0.800. The summed E-state index contributed by atoms with van der Waals surface area (Å²) < 4.78 is 5.63. The van der Waals surface area contributed by atoms with Crippen LogP contribution in [0.5, 0.6) is 0 Å². The van der Waals surface area contributed by atoms with E-state index in [1.165, 1.54) is 37.7 Å². The minimum atomic E-state index is -0.931. The van der Waals surface area contributed by atoms with E-state index in [-0.39, 0.29) is 6.61 Å². The molecule has 5 nitrogen and oxygen atoms in total. The molecule has 0 bridgehead atoms. The van der Waals surface area contributed by atoms with E-state index in [4.69, 9.17) is 9.84 Å². The SMILES string of the molecule is C=C1/C(=C/C=C2/CCC[C@]3(C)[C@@H]([C@H](C)CCCC(C)(C)O)CC[C@@H]23)C[C@H](O)[C@H](OCCCO)[C@H]1O. The monoisotopic (exact) mass is 490 g/mol. The van der Waals surface area contributed by atoms with Gasteiger partial charge in [-0.25, -0.2) is 0 Å². The average Bonchev–Trinajstić information content (AvgIpc) is 3.14. The van der Waals surface area contributed by atoms with E-state index in [9.17, 15) is 15.3 Å². The quantitative estimate of drug-likeness (QED) is 0.321. The summed E-state index contributed by atoms with van der Waals surface area (Å²) in [5.41, 5.74) is 2.79. The highest BCUT2D eigenvalue weighted by Crippen LogP contribution is 2.60. The van der Waals surface area contributed by atoms with Crippen molar-refractivity contribution in [1.29, 1.82) is 0 Å². The van der Waals surface area contributed by atoms with Crippen LogP contribution in [0.25, 0.3) is 0 Å². The topological polar surface area (TPSA) is 90.2 Å². The van der Waals surface area contributed by atoms with Crippen LogP contribution in [-0.4, -0.2) is 57.6 Å². The van der Waals surface area contributed by atoms with Gasteiger partial charge in [-0.15, -0.1) is 0 Å². The van der Waals surface area contributed by atoms with Crippen LogP contribution in [0.2, 0.25) is 0 Å². The summed E-state index contributed by atoms with van der Waals surface area (Å²) in [5, 5.41) is 40.4. The molecule has 7 atom stereocenters. The maximum atomic E-state index is 10.7. The normalized spacial score (nSPS) is 37.1. The lowest BCUT2D eigenvalue weighted by molar-refractivity contribution is -0.0968. The second kappa shape index (κ2) is 12.0. The first kappa shape index (κ1) is 28.6. The second-order valence-electron chi connectivity index (χ2n) is 12.4. The number of rotatable bonds is 10. The molecular formula is C30H50O5. The molecule has 5 heteroatoms. The summed E-state index contributed by atoms with van der Waals surface area (Å²) in [5.74, 6) is 1.98. The van der Waals surface area contributed by atoms with Crippen LogP contribution in [0.15, 0.2) is 35.5 Å². The van der Waals surface area contributed by atoms with E-state index >= 15 is 0 Å². The molecule has 3 fully saturated rings. The fourth-order valence-electron chi connectivity index (χ4n) is 7.21. The zero-order valence-electron chi connectivity index (χ0n) is 22.5. The molecule has 200 valence electrons. The van der Waals surface area contributed by atoms with Crippen molar-refractivity contribution >= 4 is 0 Å². The van der Waals surface area contributed by atoms with Gasteiger partial charge in [0.05, 0.1) is 11.7 Å². The zero-order valence-corrected chi connectivity index (χ0v) is 22.5. The molecular weight excluding hydrogens is 440 g/mol. The molecule has 0 aromatic carbocycles. The Bertz CT molecular complexity index is 778. The first-order valence-electron chi connectivity index (χ1n) is 13.9. The minimum Gasteiger partial charge on any atom is -0.396 e. The summed E-state index contributed by atoms with van der Waals surface area (Å²) in [6.45, 7) is 13.2. The highest BCUT2D eigenvalue weighted by molar-refractivity contribution is 5.40. The smallest absolute Gasteiger partial charge is 0.114 e. The van der Waals surface area contributed by atoms with Crippen LogP contribution in [-0.2, 0) is 4.74 Å². The number of ether oxygens (including phenoxy) is 1. The van der Waals surface area contributed by atoms with Crippen LogP contribution in [0.3, 0.4) is 0 Å². The van der Waals surface area contributed by atoms with Gasteiger partial charge in [-0.2, -0.15) is 0 Å². The molecule has 35 heavy (non-hydrogen) atoms. The van der Waals surface area contributed by atoms with Crippen molar-refractivity contribution in [2.24, 2.45) is 23.2 Å². The third kappa shape index (κ3) is 6.87. The van der Waals surface area contributed by atoms with Gasteiger partial charge in [0.25, 0.3) is 0 Å². The van der Waals surface area contributed by atoms with Crippen molar-refractivity contribution < 1.29 is 25.2 Å².